The number of alkyl halides is 2. The summed E-state index contributed by atoms with van der Waals surface area (Å²) in [7, 11) is 0. The SMILES string of the molecule is O=C(O)C1OC(C(=O)O)C(I)C1I. The molecule has 4 atom stereocenters. The maximum atomic E-state index is 10.6. The second-order valence-electron chi connectivity index (χ2n) is 2.54. The predicted molar refractivity (Wildman–Crippen MR) is 59.5 cm³/mol. The molecule has 5 nitrogen and oxygen atoms in total. The number of carbonyl (C=O) groups is 2. The second kappa shape index (κ2) is 4.26. The van der Waals surface area contributed by atoms with Crippen molar-refractivity contribution in [3.63, 3.8) is 0 Å². The molecule has 74 valence electrons. The first-order chi connectivity index (χ1) is 5.95. The van der Waals surface area contributed by atoms with Gasteiger partial charge in [-0.25, -0.2) is 9.59 Å². The Labute approximate surface area is 101 Å². The van der Waals surface area contributed by atoms with Gasteiger partial charge in [0.25, 0.3) is 0 Å². The summed E-state index contributed by atoms with van der Waals surface area (Å²) in [6, 6.07) is 0. The van der Waals surface area contributed by atoms with Crippen LogP contribution in [-0.4, -0.2) is 42.2 Å². The number of rotatable bonds is 2. The van der Waals surface area contributed by atoms with Crippen LogP contribution < -0.4 is 0 Å². The fourth-order valence-electron chi connectivity index (χ4n) is 1.03. The summed E-state index contributed by atoms with van der Waals surface area (Å²) in [6.07, 6.45) is -2.02. The minimum atomic E-state index is -1.11. The van der Waals surface area contributed by atoms with Crippen molar-refractivity contribution in [2.24, 2.45) is 0 Å². The van der Waals surface area contributed by atoms with Crippen molar-refractivity contribution in [1.29, 1.82) is 0 Å². The molecule has 1 aliphatic heterocycles. The first kappa shape index (κ1) is 11.4. The highest BCUT2D eigenvalue weighted by Crippen LogP contribution is 2.33. The molecular formula is C6H6I2O5. The molecule has 1 fully saturated rings. The fourth-order valence-corrected chi connectivity index (χ4v) is 2.74. The van der Waals surface area contributed by atoms with E-state index in [1.807, 2.05) is 45.2 Å². The van der Waals surface area contributed by atoms with Crippen LogP contribution in [0.25, 0.3) is 0 Å². The standard InChI is InChI=1S/C6H6I2O5/c7-1-2(8)4(6(11)12)13-3(1)5(9)10/h1-4H,(H,9,10)(H,11,12). The third-order valence-corrected chi connectivity index (χ3v) is 5.89. The summed E-state index contributed by atoms with van der Waals surface area (Å²) in [4.78, 5) is 21.2. The summed E-state index contributed by atoms with van der Waals surface area (Å²) in [5, 5.41) is 17.3. The van der Waals surface area contributed by atoms with E-state index >= 15 is 0 Å². The molecule has 1 heterocycles. The van der Waals surface area contributed by atoms with Gasteiger partial charge in [0, 0.05) is 0 Å². The quantitative estimate of drug-likeness (QED) is 0.511. The van der Waals surface area contributed by atoms with Gasteiger partial charge in [0.1, 0.15) is 0 Å². The van der Waals surface area contributed by atoms with Crippen molar-refractivity contribution in [1.82, 2.24) is 0 Å². The molecule has 0 radical (unpaired) electrons. The van der Waals surface area contributed by atoms with Crippen molar-refractivity contribution >= 4 is 57.1 Å². The van der Waals surface area contributed by atoms with Crippen molar-refractivity contribution < 1.29 is 24.5 Å². The molecule has 0 aromatic rings. The van der Waals surface area contributed by atoms with E-state index in [9.17, 15) is 9.59 Å². The zero-order chi connectivity index (χ0) is 10.2. The van der Waals surface area contributed by atoms with E-state index in [-0.39, 0.29) is 7.85 Å². The van der Waals surface area contributed by atoms with Gasteiger partial charge in [-0.3, -0.25) is 0 Å². The lowest BCUT2D eigenvalue weighted by molar-refractivity contribution is -0.157. The number of carboxylic acid groups (broad SMARTS) is 2. The first-order valence-corrected chi connectivity index (χ1v) is 5.83. The molecule has 1 rings (SSSR count). The van der Waals surface area contributed by atoms with Crippen LogP contribution in [-0.2, 0) is 14.3 Å². The second-order valence-corrected chi connectivity index (χ2v) is 5.42. The summed E-state index contributed by atoms with van der Waals surface area (Å²) >= 11 is 3.81. The Hall–Kier alpha value is 0.360. The third-order valence-electron chi connectivity index (χ3n) is 1.66. The maximum Gasteiger partial charge on any atom is 0.334 e. The third kappa shape index (κ3) is 2.24. The topological polar surface area (TPSA) is 83.8 Å². The van der Waals surface area contributed by atoms with Gasteiger partial charge in [0.15, 0.2) is 12.2 Å². The lowest BCUT2D eigenvalue weighted by Crippen LogP contribution is -2.29. The summed E-state index contributed by atoms with van der Waals surface area (Å²) in [5.41, 5.74) is 0. The molecule has 1 aliphatic rings. The molecular weight excluding hydrogens is 406 g/mol. The number of hydrogen-bond donors (Lipinski definition) is 2. The molecule has 0 saturated carbocycles. The van der Waals surface area contributed by atoms with Crippen molar-refractivity contribution in [3.8, 4) is 0 Å². The summed E-state index contributed by atoms with van der Waals surface area (Å²) < 4.78 is 4.28. The first-order valence-electron chi connectivity index (χ1n) is 3.34. The summed E-state index contributed by atoms with van der Waals surface area (Å²) in [6.45, 7) is 0. The van der Waals surface area contributed by atoms with Crippen molar-refractivity contribution in [3.05, 3.63) is 0 Å². The lowest BCUT2D eigenvalue weighted by atomic mass is 10.2. The average Bonchev–Trinajstić information content (AvgIpc) is 2.29. The minimum Gasteiger partial charge on any atom is -0.479 e. The van der Waals surface area contributed by atoms with Crippen LogP contribution in [0.2, 0.25) is 0 Å². The lowest BCUT2D eigenvalue weighted by Gasteiger charge is -2.07. The van der Waals surface area contributed by atoms with Crippen LogP contribution in [0.3, 0.4) is 0 Å². The van der Waals surface area contributed by atoms with Gasteiger partial charge in [-0.15, -0.1) is 0 Å². The molecule has 4 unspecified atom stereocenters. The molecule has 7 heteroatoms. The van der Waals surface area contributed by atoms with Crippen LogP contribution in [0.1, 0.15) is 0 Å². The van der Waals surface area contributed by atoms with E-state index in [2.05, 4.69) is 0 Å². The van der Waals surface area contributed by atoms with E-state index in [4.69, 9.17) is 14.9 Å². The van der Waals surface area contributed by atoms with Gasteiger partial charge in [0.2, 0.25) is 0 Å². The molecule has 0 aliphatic carbocycles. The molecule has 1 saturated heterocycles. The van der Waals surface area contributed by atoms with E-state index in [1.165, 1.54) is 0 Å². The van der Waals surface area contributed by atoms with Crippen LogP contribution >= 0.6 is 45.2 Å². The molecule has 0 aromatic heterocycles. The average molecular weight is 412 g/mol. The number of ether oxygens (including phenoxy) is 1. The molecule has 2 N–H and O–H groups in total. The van der Waals surface area contributed by atoms with Gasteiger partial charge < -0.3 is 14.9 Å². The van der Waals surface area contributed by atoms with E-state index in [0.717, 1.165) is 0 Å². The van der Waals surface area contributed by atoms with Gasteiger partial charge in [-0.2, -0.15) is 0 Å². The van der Waals surface area contributed by atoms with Crippen LogP contribution in [0.4, 0.5) is 0 Å². The van der Waals surface area contributed by atoms with E-state index < -0.39 is 24.1 Å². The van der Waals surface area contributed by atoms with E-state index in [0.29, 0.717) is 0 Å². The number of halogens is 2. The number of aliphatic carboxylic acids is 2. The molecule has 13 heavy (non-hydrogen) atoms. The van der Waals surface area contributed by atoms with Crippen LogP contribution in [0, 0.1) is 0 Å². The molecule has 0 aromatic carbocycles. The Kier molecular flexibility index (Phi) is 3.74. The van der Waals surface area contributed by atoms with Crippen LogP contribution in [0.15, 0.2) is 0 Å². The Morgan fingerprint density at radius 2 is 1.31 bits per heavy atom. The molecule has 0 spiro atoms. The highest BCUT2D eigenvalue weighted by Gasteiger charge is 2.48. The minimum absolute atomic E-state index is 0.309. The Morgan fingerprint density at radius 3 is 1.46 bits per heavy atom. The van der Waals surface area contributed by atoms with Gasteiger partial charge >= 0.3 is 11.9 Å². The van der Waals surface area contributed by atoms with Crippen molar-refractivity contribution in [2.75, 3.05) is 0 Å². The largest absolute Gasteiger partial charge is 0.479 e. The Balaban J connectivity index is 2.78. The normalized spacial score (nSPS) is 38.9. The Morgan fingerprint density at radius 1 is 1.00 bits per heavy atom. The van der Waals surface area contributed by atoms with Gasteiger partial charge in [-0.1, -0.05) is 45.2 Å². The summed E-state index contributed by atoms with van der Waals surface area (Å²) in [5.74, 6) is -2.21. The predicted octanol–water partition coefficient (Wildman–Crippen LogP) is 0.530. The van der Waals surface area contributed by atoms with Crippen LogP contribution in [0.5, 0.6) is 0 Å². The highest BCUT2D eigenvalue weighted by molar-refractivity contribution is 14.1. The monoisotopic (exact) mass is 412 g/mol. The fraction of sp³-hybridized carbons (Fsp3) is 0.667. The maximum absolute atomic E-state index is 10.6. The zero-order valence-electron chi connectivity index (χ0n) is 6.18. The van der Waals surface area contributed by atoms with Gasteiger partial charge in [-0.05, 0) is 0 Å². The Bertz CT molecular complexity index is 219. The molecule has 0 amide bonds. The molecule has 0 bridgehead atoms. The zero-order valence-corrected chi connectivity index (χ0v) is 10.5. The highest BCUT2D eigenvalue weighted by atomic mass is 127. The number of hydrogen-bond acceptors (Lipinski definition) is 3. The van der Waals surface area contributed by atoms with E-state index in [1.54, 1.807) is 0 Å². The number of carboxylic acids is 2. The van der Waals surface area contributed by atoms with Gasteiger partial charge in [0.05, 0.1) is 7.85 Å². The van der Waals surface area contributed by atoms with Crippen molar-refractivity contribution in [2.45, 2.75) is 20.1 Å². The smallest absolute Gasteiger partial charge is 0.334 e.